The summed E-state index contributed by atoms with van der Waals surface area (Å²) in [7, 11) is 0. The number of esters is 1. The van der Waals surface area contributed by atoms with Crippen LogP contribution in [0, 0.1) is 11.3 Å². The molecule has 100 valence electrons. The molecule has 0 aromatic heterocycles. The molecule has 1 aliphatic rings. The SMILES string of the molecule is CC1(CC(=O)c2ccccc2)COC(=O)C1C(=O)O. The molecule has 1 saturated heterocycles. The van der Waals surface area contributed by atoms with Crippen LogP contribution in [-0.2, 0) is 14.3 Å². The first kappa shape index (κ1) is 13.3. The zero-order valence-corrected chi connectivity index (χ0v) is 10.5. The molecule has 2 atom stereocenters. The van der Waals surface area contributed by atoms with E-state index in [9.17, 15) is 14.4 Å². The number of rotatable bonds is 4. The molecular formula is C14H14O5. The summed E-state index contributed by atoms with van der Waals surface area (Å²) in [6, 6.07) is 8.60. The van der Waals surface area contributed by atoms with E-state index in [1.807, 2.05) is 0 Å². The maximum absolute atomic E-state index is 12.1. The van der Waals surface area contributed by atoms with Crippen LogP contribution in [0.2, 0.25) is 0 Å². The average Bonchev–Trinajstić information content (AvgIpc) is 2.66. The highest BCUT2D eigenvalue weighted by Crippen LogP contribution is 2.39. The van der Waals surface area contributed by atoms with Gasteiger partial charge in [0.05, 0.1) is 6.61 Å². The highest BCUT2D eigenvalue weighted by Gasteiger charge is 2.52. The number of hydrogen-bond donors (Lipinski definition) is 1. The summed E-state index contributed by atoms with van der Waals surface area (Å²) in [5.41, 5.74) is -0.484. The van der Waals surface area contributed by atoms with E-state index in [2.05, 4.69) is 0 Å². The lowest BCUT2D eigenvalue weighted by molar-refractivity contribution is -0.153. The molecular weight excluding hydrogens is 248 g/mol. The van der Waals surface area contributed by atoms with Crippen LogP contribution >= 0.6 is 0 Å². The minimum absolute atomic E-state index is 0.0281. The van der Waals surface area contributed by atoms with Crippen molar-refractivity contribution >= 4 is 17.7 Å². The second-order valence-corrected chi connectivity index (χ2v) is 5.00. The van der Waals surface area contributed by atoms with E-state index in [1.54, 1.807) is 37.3 Å². The zero-order chi connectivity index (χ0) is 14.0. The summed E-state index contributed by atoms with van der Waals surface area (Å²) in [5, 5.41) is 9.09. The highest BCUT2D eigenvalue weighted by atomic mass is 16.5. The molecule has 1 heterocycles. The van der Waals surface area contributed by atoms with Gasteiger partial charge in [0.1, 0.15) is 0 Å². The van der Waals surface area contributed by atoms with Gasteiger partial charge in [-0.15, -0.1) is 0 Å². The van der Waals surface area contributed by atoms with Crippen LogP contribution in [-0.4, -0.2) is 29.4 Å². The first-order chi connectivity index (χ1) is 8.94. The second-order valence-electron chi connectivity index (χ2n) is 5.00. The third-order valence-electron chi connectivity index (χ3n) is 3.38. The van der Waals surface area contributed by atoms with E-state index in [-0.39, 0.29) is 18.8 Å². The maximum Gasteiger partial charge on any atom is 0.321 e. The van der Waals surface area contributed by atoms with Gasteiger partial charge in [0, 0.05) is 17.4 Å². The van der Waals surface area contributed by atoms with Crippen molar-refractivity contribution in [1.82, 2.24) is 0 Å². The molecule has 1 aromatic carbocycles. The third kappa shape index (κ3) is 2.50. The Kier molecular flexibility index (Phi) is 3.38. The molecule has 2 rings (SSSR count). The number of carbonyl (C=O) groups is 3. The molecule has 19 heavy (non-hydrogen) atoms. The van der Waals surface area contributed by atoms with E-state index in [0.717, 1.165) is 0 Å². The number of carboxylic acids is 1. The van der Waals surface area contributed by atoms with Gasteiger partial charge in [0.25, 0.3) is 0 Å². The molecule has 5 nitrogen and oxygen atoms in total. The van der Waals surface area contributed by atoms with Gasteiger partial charge in [-0.25, -0.2) is 0 Å². The summed E-state index contributed by atoms with van der Waals surface area (Å²) in [4.78, 5) is 34.7. The number of carboxylic acid groups (broad SMARTS) is 1. The van der Waals surface area contributed by atoms with E-state index in [1.165, 1.54) is 0 Å². The fraction of sp³-hybridized carbons (Fsp3) is 0.357. The Hall–Kier alpha value is -2.17. The standard InChI is InChI=1S/C14H14O5/c1-14(8-19-13(18)11(14)12(16)17)7-10(15)9-5-3-2-4-6-9/h2-6,11H,7-8H2,1H3,(H,16,17). The minimum atomic E-state index is -1.28. The Labute approximate surface area is 110 Å². The summed E-state index contributed by atoms with van der Waals surface area (Å²) >= 11 is 0. The van der Waals surface area contributed by atoms with Crippen LogP contribution < -0.4 is 0 Å². The number of benzene rings is 1. The van der Waals surface area contributed by atoms with Crippen molar-refractivity contribution in [1.29, 1.82) is 0 Å². The van der Waals surface area contributed by atoms with Gasteiger partial charge in [-0.2, -0.15) is 0 Å². The topological polar surface area (TPSA) is 80.7 Å². The van der Waals surface area contributed by atoms with Crippen molar-refractivity contribution in [2.75, 3.05) is 6.61 Å². The minimum Gasteiger partial charge on any atom is -0.481 e. The quantitative estimate of drug-likeness (QED) is 0.505. The van der Waals surface area contributed by atoms with Gasteiger partial charge in [-0.05, 0) is 0 Å². The van der Waals surface area contributed by atoms with Crippen molar-refractivity contribution in [2.45, 2.75) is 13.3 Å². The fourth-order valence-electron chi connectivity index (χ4n) is 2.33. The molecule has 1 aromatic rings. The molecule has 1 fully saturated rings. The van der Waals surface area contributed by atoms with Gasteiger partial charge in [-0.3, -0.25) is 14.4 Å². The Morgan fingerprint density at radius 1 is 1.37 bits per heavy atom. The monoisotopic (exact) mass is 262 g/mol. The van der Waals surface area contributed by atoms with Crippen LogP contribution in [0.15, 0.2) is 30.3 Å². The lowest BCUT2D eigenvalue weighted by Crippen LogP contribution is -2.35. The van der Waals surface area contributed by atoms with Crippen LogP contribution in [0.1, 0.15) is 23.7 Å². The first-order valence-electron chi connectivity index (χ1n) is 5.92. The summed E-state index contributed by atoms with van der Waals surface area (Å²) in [6.07, 6.45) is -0.0281. The molecule has 0 saturated carbocycles. The molecule has 1 N–H and O–H groups in total. The summed E-state index contributed by atoms with van der Waals surface area (Å²) in [5.74, 6) is -3.48. The normalized spacial score (nSPS) is 25.9. The highest BCUT2D eigenvalue weighted by molar-refractivity contribution is 6.00. The molecule has 0 amide bonds. The van der Waals surface area contributed by atoms with Crippen molar-refractivity contribution in [3.05, 3.63) is 35.9 Å². The van der Waals surface area contributed by atoms with Crippen LogP contribution in [0.5, 0.6) is 0 Å². The van der Waals surface area contributed by atoms with E-state index in [0.29, 0.717) is 5.56 Å². The van der Waals surface area contributed by atoms with Crippen molar-refractivity contribution in [3.8, 4) is 0 Å². The number of hydrogen-bond acceptors (Lipinski definition) is 4. The van der Waals surface area contributed by atoms with Crippen molar-refractivity contribution < 1.29 is 24.2 Å². The van der Waals surface area contributed by atoms with Gasteiger partial charge in [0.15, 0.2) is 11.7 Å². The number of cyclic esters (lactones) is 1. The Morgan fingerprint density at radius 3 is 2.58 bits per heavy atom. The lowest BCUT2D eigenvalue weighted by atomic mass is 9.75. The van der Waals surface area contributed by atoms with Crippen molar-refractivity contribution in [3.63, 3.8) is 0 Å². The van der Waals surface area contributed by atoms with Crippen LogP contribution in [0.4, 0.5) is 0 Å². The number of ether oxygens (including phenoxy) is 1. The molecule has 2 unspecified atom stereocenters. The average molecular weight is 262 g/mol. The van der Waals surface area contributed by atoms with Crippen LogP contribution in [0.3, 0.4) is 0 Å². The number of Topliss-reactive ketones (excluding diaryl/α,β-unsaturated/α-hetero) is 1. The maximum atomic E-state index is 12.1. The smallest absolute Gasteiger partial charge is 0.321 e. The number of carbonyl (C=O) groups excluding carboxylic acids is 2. The molecule has 5 heteroatoms. The predicted molar refractivity (Wildman–Crippen MR) is 65.6 cm³/mol. The lowest BCUT2D eigenvalue weighted by Gasteiger charge is -2.23. The molecule has 0 spiro atoms. The largest absolute Gasteiger partial charge is 0.481 e. The van der Waals surface area contributed by atoms with Gasteiger partial charge < -0.3 is 9.84 Å². The van der Waals surface area contributed by atoms with E-state index in [4.69, 9.17) is 9.84 Å². The molecule has 0 aliphatic carbocycles. The molecule has 0 bridgehead atoms. The first-order valence-corrected chi connectivity index (χ1v) is 5.92. The summed E-state index contributed by atoms with van der Waals surface area (Å²) < 4.78 is 4.81. The van der Waals surface area contributed by atoms with Gasteiger partial charge >= 0.3 is 11.9 Å². The number of aliphatic carboxylic acids is 1. The Bertz CT molecular complexity index is 522. The predicted octanol–water partition coefficient (Wildman–Crippen LogP) is 1.52. The summed E-state index contributed by atoms with van der Waals surface area (Å²) in [6.45, 7) is 1.55. The van der Waals surface area contributed by atoms with E-state index >= 15 is 0 Å². The second kappa shape index (κ2) is 4.84. The number of ketones is 1. The Balaban J connectivity index is 2.20. The van der Waals surface area contributed by atoms with Gasteiger partial charge in [0.2, 0.25) is 0 Å². The molecule has 1 aliphatic heterocycles. The fourth-order valence-corrected chi connectivity index (χ4v) is 2.33. The molecule has 0 radical (unpaired) electrons. The van der Waals surface area contributed by atoms with E-state index < -0.39 is 23.3 Å². The third-order valence-corrected chi connectivity index (χ3v) is 3.38. The Morgan fingerprint density at radius 2 is 2.00 bits per heavy atom. The van der Waals surface area contributed by atoms with Crippen molar-refractivity contribution in [2.24, 2.45) is 11.3 Å². The zero-order valence-electron chi connectivity index (χ0n) is 10.5. The van der Waals surface area contributed by atoms with Gasteiger partial charge in [-0.1, -0.05) is 37.3 Å². The van der Waals surface area contributed by atoms with Crippen LogP contribution in [0.25, 0.3) is 0 Å².